The minimum Gasteiger partial charge on any atom is -0.316 e. The van der Waals surface area contributed by atoms with Crippen molar-refractivity contribution in [2.45, 2.75) is 25.9 Å². The molecule has 104 valence electrons. The van der Waals surface area contributed by atoms with Crippen LogP contribution < -0.4 is 0 Å². The first-order valence-electron chi connectivity index (χ1n) is 6.69. The van der Waals surface area contributed by atoms with E-state index < -0.39 is 5.37 Å². The second-order valence-electron chi connectivity index (χ2n) is 4.83. The Hall–Kier alpha value is -1.80. The van der Waals surface area contributed by atoms with Crippen LogP contribution in [0.3, 0.4) is 0 Å². The second-order valence-corrected chi connectivity index (χ2v) is 5.16. The van der Waals surface area contributed by atoms with Gasteiger partial charge in [0.2, 0.25) is 0 Å². The highest BCUT2D eigenvalue weighted by Crippen LogP contribution is 2.31. The third-order valence-electron chi connectivity index (χ3n) is 3.60. The lowest BCUT2D eigenvalue weighted by atomic mass is 10.0. The quantitative estimate of drug-likeness (QED) is 0.561. The summed E-state index contributed by atoms with van der Waals surface area (Å²) in [6.45, 7) is 3.99. The molecular formula is C17H18ClNO. The minimum absolute atomic E-state index is 0.0728. The summed E-state index contributed by atoms with van der Waals surface area (Å²) in [5.74, 6) is 0. The van der Waals surface area contributed by atoms with Crippen molar-refractivity contribution in [3.63, 3.8) is 0 Å². The molecule has 2 atom stereocenters. The fourth-order valence-corrected chi connectivity index (χ4v) is 2.72. The van der Waals surface area contributed by atoms with Gasteiger partial charge in [-0.3, -0.25) is 4.79 Å². The fourth-order valence-electron chi connectivity index (χ4n) is 2.42. The molecule has 2 rings (SSSR count). The first-order chi connectivity index (χ1) is 9.61. The normalized spacial score (nSPS) is 13.6. The Balaban J connectivity index is 2.30. The zero-order chi connectivity index (χ0) is 14.5. The van der Waals surface area contributed by atoms with Gasteiger partial charge in [0.25, 0.3) is 0 Å². The monoisotopic (exact) mass is 287 g/mol. The van der Waals surface area contributed by atoms with Crippen molar-refractivity contribution in [3.8, 4) is 0 Å². The maximum atomic E-state index is 11.9. The van der Waals surface area contributed by atoms with E-state index in [4.69, 9.17) is 11.6 Å². The third kappa shape index (κ3) is 3.20. The number of nitrogens with zero attached hydrogens (tertiary/aromatic N) is 1. The van der Waals surface area contributed by atoms with E-state index in [1.165, 1.54) is 0 Å². The van der Waals surface area contributed by atoms with Gasteiger partial charge in [0, 0.05) is 0 Å². The molecule has 0 saturated heterocycles. The van der Waals surface area contributed by atoms with Crippen LogP contribution in [0.25, 0.3) is 0 Å². The van der Waals surface area contributed by atoms with Gasteiger partial charge in [-0.25, -0.2) is 0 Å². The van der Waals surface area contributed by atoms with E-state index >= 15 is 0 Å². The Morgan fingerprint density at radius 2 is 1.20 bits per heavy atom. The maximum absolute atomic E-state index is 11.9. The summed E-state index contributed by atoms with van der Waals surface area (Å²) < 4.78 is 0. The summed E-state index contributed by atoms with van der Waals surface area (Å²) in [6, 6.07) is 19.7. The van der Waals surface area contributed by atoms with Crippen LogP contribution in [-0.2, 0) is 0 Å². The molecule has 1 amide bonds. The largest absolute Gasteiger partial charge is 0.317 e. The van der Waals surface area contributed by atoms with Crippen LogP contribution in [0.2, 0.25) is 0 Å². The van der Waals surface area contributed by atoms with Gasteiger partial charge in [-0.1, -0.05) is 60.7 Å². The Kier molecular flexibility index (Phi) is 4.80. The molecule has 2 aromatic rings. The number of halogens is 1. The van der Waals surface area contributed by atoms with Gasteiger partial charge in [-0.2, -0.15) is 0 Å². The lowest BCUT2D eigenvalue weighted by Crippen LogP contribution is -2.32. The number of hydrogen-bond acceptors (Lipinski definition) is 1. The molecular weight excluding hydrogens is 270 g/mol. The molecule has 0 saturated carbocycles. The van der Waals surface area contributed by atoms with E-state index in [-0.39, 0.29) is 12.1 Å². The average Bonchev–Trinajstić information content (AvgIpc) is 2.48. The molecule has 2 nitrogen and oxygen atoms in total. The summed E-state index contributed by atoms with van der Waals surface area (Å²) in [5.41, 5.74) is 2.15. The average molecular weight is 288 g/mol. The van der Waals surface area contributed by atoms with Crippen molar-refractivity contribution in [3.05, 3.63) is 71.8 Å². The molecule has 0 aliphatic carbocycles. The maximum Gasteiger partial charge on any atom is 0.317 e. The molecule has 0 radical (unpaired) electrons. The predicted molar refractivity (Wildman–Crippen MR) is 82.8 cm³/mol. The number of benzene rings is 2. The highest BCUT2D eigenvalue weighted by molar-refractivity contribution is 6.62. The second kappa shape index (κ2) is 6.58. The van der Waals surface area contributed by atoms with E-state index in [2.05, 4.69) is 0 Å². The molecule has 0 spiro atoms. The lowest BCUT2D eigenvalue weighted by molar-refractivity contribution is 0.177. The van der Waals surface area contributed by atoms with E-state index in [1.807, 2.05) is 74.5 Å². The number of hydrogen-bond donors (Lipinski definition) is 0. The molecule has 2 aromatic carbocycles. The molecule has 0 fully saturated rings. The predicted octanol–water partition coefficient (Wildman–Crippen LogP) is 5.17. The van der Waals surface area contributed by atoms with Crippen molar-refractivity contribution >= 4 is 17.0 Å². The molecule has 20 heavy (non-hydrogen) atoms. The van der Waals surface area contributed by atoms with Crippen LogP contribution in [0.5, 0.6) is 0 Å². The fraction of sp³-hybridized carbons (Fsp3) is 0.235. The number of rotatable bonds is 4. The third-order valence-corrected chi connectivity index (χ3v) is 3.80. The summed E-state index contributed by atoms with van der Waals surface area (Å²) in [5, 5.41) is -0.433. The molecule has 0 heterocycles. The van der Waals surface area contributed by atoms with Gasteiger partial charge >= 0.3 is 5.37 Å². The Morgan fingerprint density at radius 1 is 0.850 bits per heavy atom. The highest BCUT2D eigenvalue weighted by Gasteiger charge is 2.26. The number of carbonyl (C=O) groups excluding carboxylic acids is 1. The molecule has 0 unspecified atom stereocenters. The SMILES string of the molecule is C[C@@H](c1ccccc1)N(C(=O)Cl)[C@@H](C)c1ccccc1. The summed E-state index contributed by atoms with van der Waals surface area (Å²) >= 11 is 5.82. The van der Waals surface area contributed by atoms with Gasteiger partial charge in [0.05, 0.1) is 12.1 Å². The molecule has 0 N–H and O–H groups in total. The van der Waals surface area contributed by atoms with Crippen molar-refractivity contribution < 1.29 is 4.79 Å². The molecule has 0 aliphatic rings. The Labute approximate surface area is 125 Å². The zero-order valence-corrected chi connectivity index (χ0v) is 12.4. The number of amides is 1. The standard InChI is InChI=1S/C17H18ClNO/c1-13(15-9-5-3-6-10-15)19(17(18)20)14(2)16-11-7-4-8-12-16/h3-14H,1-2H3/t13-,14-/m0/s1. The van der Waals surface area contributed by atoms with Gasteiger partial charge < -0.3 is 4.90 Å². The molecule has 3 heteroatoms. The van der Waals surface area contributed by atoms with Gasteiger partial charge in [-0.05, 0) is 36.6 Å². The van der Waals surface area contributed by atoms with Crippen LogP contribution in [0.1, 0.15) is 37.1 Å². The van der Waals surface area contributed by atoms with Gasteiger partial charge in [0.15, 0.2) is 0 Å². The van der Waals surface area contributed by atoms with Gasteiger partial charge in [0.1, 0.15) is 0 Å². The van der Waals surface area contributed by atoms with Crippen LogP contribution in [0.4, 0.5) is 4.79 Å². The Bertz CT molecular complexity index is 510. The van der Waals surface area contributed by atoms with Crippen molar-refractivity contribution in [1.82, 2.24) is 4.90 Å². The first-order valence-corrected chi connectivity index (χ1v) is 7.06. The van der Waals surface area contributed by atoms with Crippen molar-refractivity contribution in [2.24, 2.45) is 0 Å². The zero-order valence-electron chi connectivity index (χ0n) is 11.7. The first kappa shape index (κ1) is 14.6. The minimum atomic E-state index is -0.433. The van der Waals surface area contributed by atoms with Crippen LogP contribution in [0, 0.1) is 0 Å². The van der Waals surface area contributed by atoms with Crippen molar-refractivity contribution in [2.75, 3.05) is 0 Å². The molecule has 0 aliphatic heterocycles. The van der Waals surface area contributed by atoms with Crippen LogP contribution in [0.15, 0.2) is 60.7 Å². The lowest BCUT2D eigenvalue weighted by Gasteiger charge is -2.33. The smallest absolute Gasteiger partial charge is 0.316 e. The summed E-state index contributed by atoms with van der Waals surface area (Å²) in [6.07, 6.45) is 0. The van der Waals surface area contributed by atoms with Crippen molar-refractivity contribution in [1.29, 1.82) is 0 Å². The topological polar surface area (TPSA) is 20.3 Å². The summed E-state index contributed by atoms with van der Waals surface area (Å²) in [7, 11) is 0. The molecule has 0 aromatic heterocycles. The summed E-state index contributed by atoms with van der Waals surface area (Å²) in [4.78, 5) is 13.6. The van der Waals surface area contributed by atoms with E-state index in [0.29, 0.717) is 0 Å². The van der Waals surface area contributed by atoms with Crippen LogP contribution in [-0.4, -0.2) is 10.3 Å². The van der Waals surface area contributed by atoms with E-state index in [1.54, 1.807) is 4.90 Å². The highest BCUT2D eigenvalue weighted by atomic mass is 35.5. The Morgan fingerprint density at radius 3 is 1.50 bits per heavy atom. The number of carbonyl (C=O) groups is 1. The van der Waals surface area contributed by atoms with Crippen LogP contribution >= 0.6 is 11.6 Å². The van der Waals surface area contributed by atoms with Gasteiger partial charge in [-0.15, -0.1) is 0 Å². The van der Waals surface area contributed by atoms with E-state index in [9.17, 15) is 4.79 Å². The molecule has 0 bridgehead atoms. The van der Waals surface area contributed by atoms with E-state index in [0.717, 1.165) is 11.1 Å².